The first-order valence-corrected chi connectivity index (χ1v) is 8.02. The molecule has 0 aromatic rings. The maximum atomic E-state index is 10.0. The predicted molar refractivity (Wildman–Crippen MR) is 108 cm³/mol. The Morgan fingerprint density at radius 3 is 0.517 bits per heavy atom. The normalized spacial score (nSPS) is 11.0. The van der Waals surface area contributed by atoms with E-state index in [0.29, 0.717) is 0 Å². The number of allylic oxidation sites excluding steroid dienone is 8. The number of carbonyl (C=O) groups excluding carboxylic acids is 4. The quantitative estimate of drug-likeness (QED) is 0.285. The number of aliphatic hydroxyl groups excluding tert-OH is 4. The zero-order chi connectivity index (χ0) is 23.4. The molecule has 0 aliphatic heterocycles. The molecule has 0 radical (unpaired) electrons. The molecule has 0 spiro atoms. The molecule has 0 fully saturated rings. The first kappa shape index (κ1) is 37.3. The minimum absolute atomic E-state index is 0. The fourth-order valence-corrected chi connectivity index (χ4v) is 1.18. The van der Waals surface area contributed by atoms with Crippen molar-refractivity contribution in [2.24, 2.45) is 0 Å². The van der Waals surface area contributed by atoms with E-state index >= 15 is 0 Å². The van der Waals surface area contributed by atoms with Gasteiger partial charge in [0.25, 0.3) is 0 Å². The molecule has 0 aliphatic carbocycles. The average molecular weight is 448 g/mol. The standard InChI is InChI=1S/4C5H8O2.Ti/c4*1-4(6)3-5(2)7;/h4*3,6H,1-2H3;/q;;;;+4/b4*4-3+;. The molecule has 0 saturated carbocycles. The van der Waals surface area contributed by atoms with Crippen LogP contribution in [0.2, 0.25) is 0 Å². The van der Waals surface area contributed by atoms with Crippen molar-refractivity contribution in [2.75, 3.05) is 0 Å². The Hall–Kier alpha value is -2.45. The second-order valence-corrected chi connectivity index (χ2v) is 5.59. The third-order valence-electron chi connectivity index (χ3n) is 1.65. The van der Waals surface area contributed by atoms with Crippen molar-refractivity contribution in [1.82, 2.24) is 0 Å². The van der Waals surface area contributed by atoms with Crippen molar-refractivity contribution in [3.63, 3.8) is 0 Å². The number of hydrogen-bond donors (Lipinski definition) is 4. The van der Waals surface area contributed by atoms with Gasteiger partial charge in [0.2, 0.25) is 0 Å². The smallest absolute Gasteiger partial charge is 0.512 e. The first-order chi connectivity index (χ1) is 12.5. The number of ketones is 4. The van der Waals surface area contributed by atoms with Gasteiger partial charge in [-0.2, -0.15) is 0 Å². The van der Waals surface area contributed by atoms with Gasteiger partial charge in [-0.15, -0.1) is 0 Å². The van der Waals surface area contributed by atoms with Crippen molar-refractivity contribution >= 4 is 23.1 Å². The minimum atomic E-state index is -0.125. The van der Waals surface area contributed by atoms with Crippen molar-refractivity contribution < 1.29 is 61.3 Å². The molecule has 0 saturated heterocycles. The second-order valence-electron chi connectivity index (χ2n) is 5.59. The molecule has 0 heterocycles. The zero-order valence-corrected chi connectivity index (χ0v) is 19.8. The van der Waals surface area contributed by atoms with Gasteiger partial charge in [0.05, 0.1) is 23.0 Å². The van der Waals surface area contributed by atoms with E-state index in [1.54, 1.807) is 0 Å². The van der Waals surface area contributed by atoms with Gasteiger partial charge in [-0.3, -0.25) is 19.2 Å². The van der Waals surface area contributed by atoms with E-state index in [1.807, 2.05) is 0 Å². The molecule has 160 valence electrons. The maximum absolute atomic E-state index is 10.0. The van der Waals surface area contributed by atoms with Crippen LogP contribution in [0.4, 0.5) is 0 Å². The fourth-order valence-electron chi connectivity index (χ4n) is 1.18. The average Bonchev–Trinajstić information content (AvgIpc) is 2.32. The van der Waals surface area contributed by atoms with Crippen LogP contribution in [0.5, 0.6) is 0 Å². The van der Waals surface area contributed by atoms with E-state index in [9.17, 15) is 19.2 Å². The van der Waals surface area contributed by atoms with Gasteiger partial charge in [-0.25, -0.2) is 0 Å². The van der Waals surface area contributed by atoms with Crippen LogP contribution in [0, 0.1) is 0 Å². The van der Waals surface area contributed by atoms with Crippen LogP contribution in [0.15, 0.2) is 47.3 Å². The van der Waals surface area contributed by atoms with Crippen LogP contribution in [-0.4, -0.2) is 43.6 Å². The number of carbonyl (C=O) groups is 4. The van der Waals surface area contributed by atoms with Gasteiger partial charge in [0, 0.05) is 24.3 Å². The summed E-state index contributed by atoms with van der Waals surface area (Å²) in [5.41, 5.74) is 0. The second kappa shape index (κ2) is 23.6. The molecule has 9 heteroatoms. The van der Waals surface area contributed by atoms with Crippen LogP contribution < -0.4 is 0 Å². The van der Waals surface area contributed by atoms with E-state index in [4.69, 9.17) is 20.4 Å². The predicted octanol–water partition coefficient (Wildman–Crippen LogP) is 4.15. The van der Waals surface area contributed by atoms with Crippen molar-refractivity contribution in [2.45, 2.75) is 55.4 Å². The molecule has 0 aliphatic rings. The summed E-state index contributed by atoms with van der Waals surface area (Å²) in [7, 11) is 0. The van der Waals surface area contributed by atoms with E-state index in [0.717, 1.165) is 0 Å². The van der Waals surface area contributed by atoms with Gasteiger partial charge in [-0.1, -0.05) is 0 Å². The largest absolute Gasteiger partial charge is 4.00 e. The minimum Gasteiger partial charge on any atom is -0.512 e. The Labute approximate surface area is 187 Å². The van der Waals surface area contributed by atoms with Crippen LogP contribution in [0.3, 0.4) is 0 Å². The SMILES string of the molecule is CC(=O)/C=C(\C)O.CC(=O)/C=C(\C)O.CC(=O)/C=C(\C)O.CC(=O)/C=C(\C)O.[Ti+4]. The topological polar surface area (TPSA) is 149 Å². The van der Waals surface area contributed by atoms with E-state index in [2.05, 4.69) is 0 Å². The Bertz CT molecular complexity index is 513. The Morgan fingerprint density at radius 1 is 0.414 bits per heavy atom. The van der Waals surface area contributed by atoms with E-state index < -0.39 is 0 Å². The maximum Gasteiger partial charge on any atom is 4.00 e. The van der Waals surface area contributed by atoms with Crippen molar-refractivity contribution in [3.05, 3.63) is 47.3 Å². The Kier molecular flexibility index (Phi) is 30.4. The summed E-state index contributed by atoms with van der Waals surface area (Å²) in [5.74, 6) is -0.250. The Balaban J connectivity index is -0.0000000873. The number of aliphatic hydroxyl groups is 4. The van der Waals surface area contributed by atoms with E-state index in [-0.39, 0.29) is 67.9 Å². The van der Waals surface area contributed by atoms with Gasteiger partial charge in [-0.05, 0) is 55.4 Å². The summed E-state index contributed by atoms with van der Waals surface area (Å²) in [6, 6.07) is 0. The molecule has 8 nitrogen and oxygen atoms in total. The third-order valence-corrected chi connectivity index (χ3v) is 1.65. The molecular formula is C20H32O8Ti+4. The third kappa shape index (κ3) is 77.2. The zero-order valence-electron chi connectivity index (χ0n) is 18.2. The van der Waals surface area contributed by atoms with Crippen LogP contribution in [0.1, 0.15) is 55.4 Å². The molecule has 0 atom stereocenters. The summed E-state index contributed by atoms with van der Waals surface area (Å²) in [5, 5.41) is 33.5. The fraction of sp³-hybridized carbons (Fsp3) is 0.400. The monoisotopic (exact) mass is 448 g/mol. The summed E-state index contributed by atoms with van der Waals surface area (Å²) in [4.78, 5) is 40.1. The van der Waals surface area contributed by atoms with E-state index in [1.165, 1.54) is 79.7 Å². The van der Waals surface area contributed by atoms with Gasteiger partial charge in [0.15, 0.2) is 23.1 Å². The van der Waals surface area contributed by atoms with Crippen LogP contribution in [-0.2, 0) is 40.9 Å². The van der Waals surface area contributed by atoms with Crippen molar-refractivity contribution in [1.29, 1.82) is 0 Å². The van der Waals surface area contributed by atoms with Crippen LogP contribution >= 0.6 is 0 Å². The van der Waals surface area contributed by atoms with Crippen LogP contribution in [0.25, 0.3) is 0 Å². The summed E-state index contributed by atoms with van der Waals surface area (Å²) < 4.78 is 0. The number of rotatable bonds is 4. The first-order valence-electron chi connectivity index (χ1n) is 8.02. The summed E-state index contributed by atoms with van der Waals surface area (Å²) in [6.45, 7) is 11.4. The molecule has 0 bridgehead atoms. The van der Waals surface area contributed by atoms with Gasteiger partial charge >= 0.3 is 21.7 Å². The molecular weight excluding hydrogens is 416 g/mol. The molecule has 0 rings (SSSR count). The molecule has 0 amide bonds. The molecule has 0 aromatic heterocycles. The summed E-state index contributed by atoms with van der Waals surface area (Å²) >= 11 is 0. The number of hydrogen-bond acceptors (Lipinski definition) is 8. The Morgan fingerprint density at radius 2 is 0.517 bits per heavy atom. The van der Waals surface area contributed by atoms with Crippen molar-refractivity contribution in [3.8, 4) is 0 Å². The van der Waals surface area contributed by atoms with Gasteiger partial charge in [0.1, 0.15) is 0 Å². The molecule has 4 N–H and O–H groups in total. The molecule has 29 heavy (non-hydrogen) atoms. The molecule has 0 aromatic carbocycles. The van der Waals surface area contributed by atoms with Gasteiger partial charge < -0.3 is 20.4 Å². The molecule has 0 unspecified atom stereocenters. The summed E-state index contributed by atoms with van der Waals surface area (Å²) in [6.07, 6.45) is 4.67.